The highest BCUT2D eigenvalue weighted by Crippen LogP contribution is 2.27. The van der Waals surface area contributed by atoms with Gasteiger partial charge < -0.3 is 14.8 Å². The van der Waals surface area contributed by atoms with Gasteiger partial charge in [-0.15, -0.1) is 0 Å². The minimum absolute atomic E-state index is 0.0767. The van der Waals surface area contributed by atoms with Crippen molar-refractivity contribution in [3.05, 3.63) is 59.7 Å². The first kappa shape index (κ1) is 17.9. The summed E-state index contributed by atoms with van der Waals surface area (Å²) in [6.45, 7) is 5.82. The second kappa shape index (κ2) is 8.39. The lowest BCUT2D eigenvalue weighted by atomic mass is 10.0. The van der Waals surface area contributed by atoms with E-state index in [-0.39, 0.29) is 11.9 Å². The number of aryl methyl sites for hydroxylation is 1. The molecule has 2 aromatic carbocycles. The van der Waals surface area contributed by atoms with Crippen LogP contribution in [0.1, 0.15) is 37.9 Å². The summed E-state index contributed by atoms with van der Waals surface area (Å²) in [5.74, 6) is 1.01. The molecule has 0 spiro atoms. The summed E-state index contributed by atoms with van der Waals surface area (Å²) in [6.07, 6.45) is 0.392. The molecule has 0 fully saturated rings. The summed E-state index contributed by atoms with van der Waals surface area (Å²) in [6, 6.07) is 15.5. The molecule has 0 heterocycles. The SMILES string of the molecule is CCc1ccc([C@@H](C)NC(=O)[C@@H](C)Oc2ccccc2OC)cc1. The van der Waals surface area contributed by atoms with Gasteiger partial charge in [0.25, 0.3) is 5.91 Å². The van der Waals surface area contributed by atoms with Gasteiger partial charge in [-0.2, -0.15) is 0 Å². The van der Waals surface area contributed by atoms with Crippen molar-refractivity contribution in [2.45, 2.75) is 39.3 Å². The third kappa shape index (κ3) is 4.51. The Morgan fingerprint density at radius 1 is 1.04 bits per heavy atom. The zero-order valence-corrected chi connectivity index (χ0v) is 14.7. The van der Waals surface area contributed by atoms with E-state index in [1.54, 1.807) is 26.2 Å². The minimum Gasteiger partial charge on any atom is -0.493 e. The topological polar surface area (TPSA) is 47.6 Å². The summed E-state index contributed by atoms with van der Waals surface area (Å²) < 4.78 is 11.0. The van der Waals surface area contributed by atoms with Crippen LogP contribution in [0.5, 0.6) is 11.5 Å². The van der Waals surface area contributed by atoms with Crippen LogP contribution in [0.3, 0.4) is 0 Å². The molecule has 0 aliphatic carbocycles. The number of ether oxygens (including phenoxy) is 2. The van der Waals surface area contributed by atoms with E-state index in [9.17, 15) is 4.79 Å². The molecule has 1 N–H and O–H groups in total. The molecule has 0 bridgehead atoms. The first-order valence-electron chi connectivity index (χ1n) is 8.24. The number of amides is 1. The minimum atomic E-state index is -0.612. The van der Waals surface area contributed by atoms with Crippen LogP contribution in [0, 0.1) is 0 Å². The molecule has 0 unspecified atom stereocenters. The Balaban J connectivity index is 1.97. The number of nitrogens with one attached hydrogen (secondary N) is 1. The largest absolute Gasteiger partial charge is 0.493 e. The predicted molar refractivity (Wildman–Crippen MR) is 95.5 cm³/mol. The molecule has 2 aromatic rings. The van der Waals surface area contributed by atoms with Crippen LogP contribution in [0.15, 0.2) is 48.5 Å². The van der Waals surface area contributed by atoms with Gasteiger partial charge in [0.1, 0.15) is 0 Å². The van der Waals surface area contributed by atoms with E-state index in [2.05, 4.69) is 36.5 Å². The van der Waals surface area contributed by atoms with Crippen LogP contribution in [0.2, 0.25) is 0 Å². The Kier molecular flexibility index (Phi) is 6.24. The molecule has 0 saturated carbocycles. The number of para-hydroxylation sites is 2. The summed E-state index contributed by atoms with van der Waals surface area (Å²) in [4.78, 5) is 12.4. The van der Waals surface area contributed by atoms with E-state index in [1.807, 2.05) is 19.1 Å². The van der Waals surface area contributed by atoms with Crippen molar-refractivity contribution in [2.24, 2.45) is 0 Å². The van der Waals surface area contributed by atoms with E-state index < -0.39 is 6.10 Å². The summed E-state index contributed by atoms with van der Waals surface area (Å²) in [7, 11) is 1.58. The number of carbonyl (C=O) groups excluding carboxylic acids is 1. The van der Waals surface area contributed by atoms with Gasteiger partial charge in [-0.05, 0) is 43.5 Å². The maximum Gasteiger partial charge on any atom is 0.261 e. The lowest BCUT2D eigenvalue weighted by molar-refractivity contribution is -0.127. The average Bonchev–Trinajstić information content (AvgIpc) is 2.62. The highest BCUT2D eigenvalue weighted by molar-refractivity contribution is 5.81. The number of benzene rings is 2. The Labute approximate surface area is 143 Å². The van der Waals surface area contributed by atoms with E-state index >= 15 is 0 Å². The maximum atomic E-state index is 12.4. The Bertz CT molecular complexity index is 667. The molecule has 1 amide bonds. The average molecular weight is 327 g/mol. The highest BCUT2D eigenvalue weighted by Gasteiger charge is 2.19. The van der Waals surface area contributed by atoms with E-state index in [1.165, 1.54) is 5.56 Å². The molecule has 0 saturated heterocycles. The van der Waals surface area contributed by atoms with E-state index in [0.29, 0.717) is 11.5 Å². The molecule has 2 rings (SSSR count). The zero-order chi connectivity index (χ0) is 17.5. The van der Waals surface area contributed by atoms with Gasteiger partial charge in [0, 0.05) is 0 Å². The fraction of sp³-hybridized carbons (Fsp3) is 0.350. The number of rotatable bonds is 7. The van der Waals surface area contributed by atoms with Crippen LogP contribution < -0.4 is 14.8 Å². The van der Waals surface area contributed by atoms with Crippen LogP contribution in [0.25, 0.3) is 0 Å². The normalized spacial score (nSPS) is 13.0. The van der Waals surface area contributed by atoms with E-state index in [0.717, 1.165) is 12.0 Å². The van der Waals surface area contributed by atoms with Crippen LogP contribution in [0.4, 0.5) is 0 Å². The van der Waals surface area contributed by atoms with E-state index in [4.69, 9.17) is 9.47 Å². The van der Waals surface area contributed by atoms with Gasteiger partial charge in [0.15, 0.2) is 17.6 Å². The Morgan fingerprint density at radius 2 is 1.67 bits per heavy atom. The fourth-order valence-electron chi connectivity index (χ4n) is 2.42. The number of carbonyl (C=O) groups is 1. The third-order valence-electron chi connectivity index (χ3n) is 3.99. The van der Waals surface area contributed by atoms with Crippen molar-refractivity contribution in [1.82, 2.24) is 5.32 Å². The fourth-order valence-corrected chi connectivity index (χ4v) is 2.42. The second-order valence-electron chi connectivity index (χ2n) is 5.74. The molecule has 2 atom stereocenters. The molecule has 24 heavy (non-hydrogen) atoms. The van der Waals surface area contributed by atoms with Gasteiger partial charge >= 0.3 is 0 Å². The summed E-state index contributed by atoms with van der Waals surface area (Å²) >= 11 is 0. The quantitative estimate of drug-likeness (QED) is 0.839. The first-order chi connectivity index (χ1) is 11.5. The monoisotopic (exact) mass is 327 g/mol. The molecule has 0 aromatic heterocycles. The molecular weight excluding hydrogens is 302 g/mol. The summed E-state index contributed by atoms with van der Waals surface area (Å²) in [5, 5.41) is 2.99. The van der Waals surface area contributed by atoms with Gasteiger partial charge in [0.2, 0.25) is 0 Å². The molecular formula is C20H25NO3. The number of methoxy groups -OCH3 is 1. The summed E-state index contributed by atoms with van der Waals surface area (Å²) in [5.41, 5.74) is 2.36. The van der Waals surface area contributed by atoms with Crippen molar-refractivity contribution in [1.29, 1.82) is 0 Å². The Hall–Kier alpha value is -2.49. The zero-order valence-electron chi connectivity index (χ0n) is 14.7. The molecule has 0 aliphatic rings. The standard InChI is InChI=1S/C20H25NO3/c1-5-16-10-12-17(13-11-16)14(2)21-20(22)15(3)24-19-9-7-6-8-18(19)23-4/h6-15H,5H2,1-4H3,(H,21,22)/t14-,15-/m1/s1. The maximum absolute atomic E-state index is 12.4. The van der Waals surface area contributed by atoms with Gasteiger partial charge in [-0.25, -0.2) is 0 Å². The number of hydrogen-bond donors (Lipinski definition) is 1. The van der Waals surface area contributed by atoms with Crippen LogP contribution in [-0.4, -0.2) is 19.1 Å². The number of hydrogen-bond acceptors (Lipinski definition) is 3. The highest BCUT2D eigenvalue weighted by atomic mass is 16.5. The van der Waals surface area contributed by atoms with Crippen molar-refractivity contribution >= 4 is 5.91 Å². The van der Waals surface area contributed by atoms with Crippen LogP contribution in [-0.2, 0) is 11.2 Å². The van der Waals surface area contributed by atoms with Crippen LogP contribution >= 0.6 is 0 Å². The van der Waals surface area contributed by atoms with Gasteiger partial charge in [-0.3, -0.25) is 4.79 Å². The second-order valence-corrected chi connectivity index (χ2v) is 5.74. The molecule has 0 aliphatic heterocycles. The molecule has 128 valence electrons. The van der Waals surface area contributed by atoms with Gasteiger partial charge in [-0.1, -0.05) is 43.3 Å². The van der Waals surface area contributed by atoms with Crippen molar-refractivity contribution in [2.75, 3.05) is 7.11 Å². The van der Waals surface area contributed by atoms with Crippen molar-refractivity contribution in [3.8, 4) is 11.5 Å². The van der Waals surface area contributed by atoms with Gasteiger partial charge in [0.05, 0.1) is 13.2 Å². The molecule has 0 radical (unpaired) electrons. The van der Waals surface area contributed by atoms with Crippen molar-refractivity contribution < 1.29 is 14.3 Å². The lowest BCUT2D eigenvalue weighted by Crippen LogP contribution is -2.37. The first-order valence-corrected chi connectivity index (χ1v) is 8.24. The van der Waals surface area contributed by atoms with Crippen molar-refractivity contribution in [3.63, 3.8) is 0 Å². The molecule has 4 heteroatoms. The smallest absolute Gasteiger partial charge is 0.261 e. The Morgan fingerprint density at radius 3 is 2.25 bits per heavy atom. The predicted octanol–water partition coefficient (Wildman–Crippen LogP) is 3.90. The third-order valence-corrected chi connectivity index (χ3v) is 3.99. The molecule has 4 nitrogen and oxygen atoms in total. The lowest BCUT2D eigenvalue weighted by Gasteiger charge is -2.20.